The Hall–Kier alpha value is -2.38. The Morgan fingerprint density at radius 2 is 1.93 bits per heavy atom. The van der Waals surface area contributed by atoms with E-state index in [-0.39, 0.29) is 11.8 Å². The van der Waals surface area contributed by atoms with Crippen molar-refractivity contribution < 1.29 is 4.79 Å². The first-order valence-electron chi connectivity index (χ1n) is 9.66. The molecule has 0 aliphatic heterocycles. The molecule has 7 heteroatoms. The van der Waals surface area contributed by atoms with Crippen molar-refractivity contribution in [3.63, 3.8) is 0 Å². The van der Waals surface area contributed by atoms with Crippen LogP contribution in [0.4, 0.5) is 5.82 Å². The third kappa shape index (κ3) is 4.05. The summed E-state index contributed by atoms with van der Waals surface area (Å²) in [5.41, 5.74) is 1.72. The maximum absolute atomic E-state index is 12.7. The van der Waals surface area contributed by atoms with Gasteiger partial charge in [0, 0.05) is 35.8 Å². The summed E-state index contributed by atoms with van der Waals surface area (Å²) >= 11 is 1.62. The average molecular weight is 396 g/mol. The molecule has 4 rings (SSSR count). The van der Waals surface area contributed by atoms with Crippen LogP contribution in [0.1, 0.15) is 30.7 Å². The molecule has 0 atom stereocenters. The fourth-order valence-corrected chi connectivity index (χ4v) is 4.53. The Balaban J connectivity index is 1.49. The molecule has 0 aromatic carbocycles. The number of nitrogens with one attached hydrogen (secondary N) is 1. The van der Waals surface area contributed by atoms with Crippen LogP contribution in [0.3, 0.4) is 0 Å². The average Bonchev–Trinajstić information content (AvgIpc) is 3.14. The third-order valence-electron chi connectivity index (χ3n) is 5.50. The van der Waals surface area contributed by atoms with Gasteiger partial charge in [-0.15, -0.1) is 11.3 Å². The van der Waals surface area contributed by atoms with E-state index in [1.165, 1.54) is 0 Å². The predicted octanol–water partition coefficient (Wildman–Crippen LogP) is 4.12. The van der Waals surface area contributed by atoms with Crippen molar-refractivity contribution in [2.75, 3.05) is 19.4 Å². The molecule has 1 fully saturated rings. The van der Waals surface area contributed by atoms with Crippen LogP contribution in [0.2, 0.25) is 0 Å². The SMILES string of the molecule is Cc1ncc(-c2ccc3cnc(NC(=O)C4CCC(N(C)C)CC4)cc3n2)s1. The van der Waals surface area contributed by atoms with E-state index in [2.05, 4.69) is 34.3 Å². The van der Waals surface area contributed by atoms with Crippen LogP contribution >= 0.6 is 11.3 Å². The predicted molar refractivity (Wildman–Crippen MR) is 113 cm³/mol. The van der Waals surface area contributed by atoms with Gasteiger partial charge in [0.2, 0.25) is 5.91 Å². The van der Waals surface area contributed by atoms with Gasteiger partial charge in [0.05, 0.1) is 21.1 Å². The molecule has 3 aromatic heterocycles. The largest absolute Gasteiger partial charge is 0.310 e. The number of thiazole rings is 1. The van der Waals surface area contributed by atoms with E-state index in [9.17, 15) is 4.79 Å². The Morgan fingerprint density at radius 1 is 1.14 bits per heavy atom. The lowest BCUT2D eigenvalue weighted by Gasteiger charge is -2.31. The van der Waals surface area contributed by atoms with E-state index in [0.717, 1.165) is 52.2 Å². The van der Waals surface area contributed by atoms with Crippen LogP contribution in [0.5, 0.6) is 0 Å². The molecule has 28 heavy (non-hydrogen) atoms. The zero-order valence-corrected chi connectivity index (χ0v) is 17.3. The lowest BCUT2D eigenvalue weighted by atomic mass is 9.85. The first-order chi connectivity index (χ1) is 13.5. The van der Waals surface area contributed by atoms with Crippen molar-refractivity contribution in [1.29, 1.82) is 0 Å². The highest BCUT2D eigenvalue weighted by molar-refractivity contribution is 7.15. The summed E-state index contributed by atoms with van der Waals surface area (Å²) < 4.78 is 0. The van der Waals surface area contributed by atoms with Gasteiger partial charge in [-0.1, -0.05) is 0 Å². The van der Waals surface area contributed by atoms with Gasteiger partial charge < -0.3 is 10.2 Å². The van der Waals surface area contributed by atoms with Crippen LogP contribution in [-0.2, 0) is 4.79 Å². The van der Waals surface area contributed by atoms with Gasteiger partial charge in [-0.25, -0.2) is 15.0 Å². The maximum Gasteiger partial charge on any atom is 0.228 e. The molecule has 3 aromatic rings. The van der Waals surface area contributed by atoms with Crippen LogP contribution < -0.4 is 5.32 Å². The maximum atomic E-state index is 12.7. The molecule has 0 saturated heterocycles. The van der Waals surface area contributed by atoms with Crippen molar-refractivity contribution >= 4 is 34.0 Å². The second-order valence-corrected chi connectivity index (χ2v) is 8.90. The fourth-order valence-electron chi connectivity index (χ4n) is 3.78. The molecule has 1 saturated carbocycles. The number of anilines is 1. The number of aromatic nitrogens is 3. The van der Waals surface area contributed by atoms with E-state index < -0.39 is 0 Å². The normalized spacial score (nSPS) is 19.9. The second-order valence-electron chi connectivity index (χ2n) is 7.66. The van der Waals surface area contributed by atoms with E-state index in [1.54, 1.807) is 17.5 Å². The van der Waals surface area contributed by atoms with Crippen molar-refractivity contribution in [3.8, 4) is 10.6 Å². The van der Waals surface area contributed by atoms with E-state index in [1.807, 2.05) is 31.3 Å². The van der Waals surface area contributed by atoms with Crippen LogP contribution in [0, 0.1) is 12.8 Å². The summed E-state index contributed by atoms with van der Waals surface area (Å²) in [7, 11) is 4.22. The quantitative estimate of drug-likeness (QED) is 0.719. The minimum atomic E-state index is 0.0631. The lowest BCUT2D eigenvalue weighted by molar-refractivity contribution is -0.121. The fraction of sp³-hybridized carbons (Fsp3) is 0.429. The summed E-state index contributed by atoms with van der Waals surface area (Å²) in [5.74, 6) is 0.698. The van der Waals surface area contributed by atoms with Crippen molar-refractivity contribution in [3.05, 3.63) is 35.6 Å². The number of hydrogen-bond acceptors (Lipinski definition) is 6. The molecule has 1 aliphatic carbocycles. The van der Waals surface area contributed by atoms with Gasteiger partial charge >= 0.3 is 0 Å². The first kappa shape index (κ1) is 19.0. The second kappa shape index (κ2) is 7.93. The van der Waals surface area contributed by atoms with E-state index >= 15 is 0 Å². The minimum absolute atomic E-state index is 0.0631. The summed E-state index contributed by atoms with van der Waals surface area (Å²) in [6.45, 7) is 1.98. The van der Waals surface area contributed by atoms with Gasteiger partial charge in [0.25, 0.3) is 0 Å². The number of nitrogens with zero attached hydrogens (tertiary/aromatic N) is 4. The highest BCUT2D eigenvalue weighted by Crippen LogP contribution is 2.29. The van der Waals surface area contributed by atoms with Crippen LogP contribution in [0.25, 0.3) is 21.5 Å². The number of carbonyl (C=O) groups excluding carboxylic acids is 1. The number of aryl methyl sites for hydroxylation is 1. The Bertz CT molecular complexity index is 991. The topological polar surface area (TPSA) is 71.0 Å². The highest BCUT2D eigenvalue weighted by atomic mass is 32.1. The molecule has 0 bridgehead atoms. The van der Waals surface area contributed by atoms with E-state index in [0.29, 0.717) is 11.9 Å². The number of carbonyl (C=O) groups is 1. The molecule has 1 aliphatic rings. The molecule has 1 amide bonds. The third-order valence-corrected chi connectivity index (χ3v) is 6.43. The Labute approximate surface area is 169 Å². The number of fused-ring (bicyclic) bond motifs is 1. The van der Waals surface area contributed by atoms with Crippen molar-refractivity contribution in [2.24, 2.45) is 5.92 Å². The number of amides is 1. The summed E-state index contributed by atoms with van der Waals surface area (Å²) in [6.07, 6.45) is 7.60. The summed E-state index contributed by atoms with van der Waals surface area (Å²) in [5, 5.41) is 4.97. The number of rotatable bonds is 4. The van der Waals surface area contributed by atoms with Crippen LogP contribution in [-0.4, -0.2) is 45.9 Å². The number of pyridine rings is 2. The number of hydrogen-bond donors (Lipinski definition) is 1. The monoisotopic (exact) mass is 395 g/mol. The standard InChI is InChI=1S/C21H25N5OS/c1-13-22-12-19(28-13)17-9-6-15-11-23-20(10-18(15)24-17)25-21(27)14-4-7-16(8-5-14)26(2)3/h6,9-12,14,16H,4-5,7-8H2,1-3H3,(H,23,25,27). The Kier molecular flexibility index (Phi) is 5.37. The highest BCUT2D eigenvalue weighted by Gasteiger charge is 2.27. The Morgan fingerprint density at radius 3 is 2.61 bits per heavy atom. The van der Waals surface area contributed by atoms with Gasteiger partial charge in [-0.2, -0.15) is 0 Å². The summed E-state index contributed by atoms with van der Waals surface area (Å²) in [6, 6.07) is 6.43. The van der Waals surface area contributed by atoms with Gasteiger partial charge in [0.15, 0.2) is 0 Å². The van der Waals surface area contributed by atoms with Gasteiger partial charge in [0.1, 0.15) is 5.82 Å². The van der Waals surface area contributed by atoms with Gasteiger partial charge in [-0.3, -0.25) is 4.79 Å². The summed E-state index contributed by atoms with van der Waals surface area (Å²) in [4.78, 5) is 29.4. The zero-order chi connectivity index (χ0) is 19.7. The molecule has 6 nitrogen and oxygen atoms in total. The molecule has 1 N–H and O–H groups in total. The van der Waals surface area contributed by atoms with Crippen molar-refractivity contribution in [1.82, 2.24) is 19.9 Å². The minimum Gasteiger partial charge on any atom is -0.310 e. The molecule has 3 heterocycles. The van der Waals surface area contributed by atoms with Crippen molar-refractivity contribution in [2.45, 2.75) is 38.6 Å². The van der Waals surface area contributed by atoms with Crippen LogP contribution in [0.15, 0.2) is 30.6 Å². The van der Waals surface area contributed by atoms with E-state index in [4.69, 9.17) is 4.98 Å². The zero-order valence-electron chi connectivity index (χ0n) is 16.5. The molecule has 0 unspecified atom stereocenters. The lowest BCUT2D eigenvalue weighted by Crippen LogP contribution is -2.35. The smallest absolute Gasteiger partial charge is 0.228 e. The molecule has 146 valence electrons. The first-order valence-corrected chi connectivity index (χ1v) is 10.5. The molecular weight excluding hydrogens is 370 g/mol. The molecular formula is C21H25N5OS. The molecule has 0 radical (unpaired) electrons. The van der Waals surface area contributed by atoms with Gasteiger partial charge in [-0.05, 0) is 58.8 Å². The molecule has 0 spiro atoms.